The highest BCUT2D eigenvalue weighted by Gasteiger charge is 2.34. The first kappa shape index (κ1) is 19.0. The smallest absolute Gasteiger partial charge is 0.256 e. The molecule has 0 aliphatic carbocycles. The lowest BCUT2D eigenvalue weighted by Crippen LogP contribution is -2.49. The van der Waals surface area contributed by atoms with E-state index in [4.69, 9.17) is 51.1 Å². The van der Waals surface area contributed by atoms with E-state index in [2.05, 4.69) is 10.6 Å². The number of carbonyl (C=O) groups is 1. The van der Waals surface area contributed by atoms with Gasteiger partial charge in [0.2, 0.25) is 3.79 Å². The highest BCUT2D eigenvalue weighted by Crippen LogP contribution is 2.32. The van der Waals surface area contributed by atoms with Crippen molar-refractivity contribution in [1.29, 1.82) is 0 Å². The van der Waals surface area contributed by atoms with Crippen LogP contribution >= 0.6 is 46.4 Å². The van der Waals surface area contributed by atoms with Crippen molar-refractivity contribution in [2.75, 3.05) is 12.4 Å². The number of para-hydroxylation sites is 1. The van der Waals surface area contributed by atoms with Gasteiger partial charge in [-0.25, -0.2) is 0 Å². The third-order valence-electron chi connectivity index (χ3n) is 3.11. The van der Waals surface area contributed by atoms with E-state index in [0.717, 1.165) is 0 Å². The van der Waals surface area contributed by atoms with Gasteiger partial charge in [0, 0.05) is 10.7 Å². The van der Waals surface area contributed by atoms with Crippen LogP contribution in [-0.2, 0) is 0 Å². The number of benzene rings is 2. The first-order valence-corrected chi connectivity index (χ1v) is 8.35. The Hall–Kier alpha value is -1.33. The van der Waals surface area contributed by atoms with E-state index in [0.29, 0.717) is 22.0 Å². The third-order valence-corrected chi connectivity index (χ3v) is 4.02. The quantitative estimate of drug-likeness (QED) is 0.548. The Kier molecular flexibility index (Phi) is 6.47. The van der Waals surface area contributed by atoms with Gasteiger partial charge in [-0.3, -0.25) is 4.79 Å². The van der Waals surface area contributed by atoms with E-state index in [1.807, 2.05) is 0 Å². The van der Waals surface area contributed by atoms with E-state index < -0.39 is 15.9 Å². The molecule has 2 N–H and O–H groups in total. The average molecular weight is 408 g/mol. The van der Waals surface area contributed by atoms with E-state index in [1.165, 1.54) is 7.11 Å². The van der Waals surface area contributed by atoms with Gasteiger partial charge in [0.05, 0.1) is 12.7 Å². The molecule has 128 valence electrons. The minimum absolute atomic E-state index is 0.331. The highest BCUT2D eigenvalue weighted by atomic mass is 35.6. The Bertz CT molecular complexity index is 702. The molecule has 0 unspecified atom stereocenters. The first-order valence-electron chi connectivity index (χ1n) is 6.84. The SMILES string of the molecule is COc1ccccc1C(=O)N[C@@H](Nc1ccc(Cl)cc1)C(Cl)(Cl)Cl. The zero-order valence-electron chi connectivity index (χ0n) is 12.5. The number of rotatable bonds is 5. The second-order valence-electron chi connectivity index (χ2n) is 4.80. The summed E-state index contributed by atoms with van der Waals surface area (Å²) >= 11 is 23.8. The Balaban J connectivity index is 2.20. The summed E-state index contributed by atoms with van der Waals surface area (Å²) in [5.41, 5.74) is 0.966. The van der Waals surface area contributed by atoms with Crippen molar-refractivity contribution >= 4 is 58.0 Å². The molecular weight excluding hydrogens is 394 g/mol. The molecule has 0 bridgehead atoms. The van der Waals surface area contributed by atoms with Crippen molar-refractivity contribution in [2.45, 2.75) is 9.96 Å². The lowest BCUT2D eigenvalue weighted by atomic mass is 10.2. The van der Waals surface area contributed by atoms with Gasteiger partial charge >= 0.3 is 0 Å². The van der Waals surface area contributed by atoms with Crippen LogP contribution in [0.4, 0.5) is 5.69 Å². The lowest BCUT2D eigenvalue weighted by molar-refractivity contribution is 0.0939. The summed E-state index contributed by atoms with van der Waals surface area (Å²) in [5, 5.41) is 6.18. The predicted molar refractivity (Wildman–Crippen MR) is 99.6 cm³/mol. The number of amides is 1. The van der Waals surface area contributed by atoms with Gasteiger partial charge < -0.3 is 15.4 Å². The Labute approximate surface area is 160 Å². The van der Waals surface area contributed by atoms with E-state index in [1.54, 1.807) is 48.5 Å². The predicted octanol–water partition coefficient (Wildman–Crippen LogP) is 4.89. The fourth-order valence-electron chi connectivity index (χ4n) is 1.95. The van der Waals surface area contributed by atoms with Crippen molar-refractivity contribution in [3.8, 4) is 5.75 Å². The minimum Gasteiger partial charge on any atom is -0.496 e. The molecule has 2 aromatic rings. The number of carbonyl (C=O) groups excluding carboxylic acids is 1. The van der Waals surface area contributed by atoms with Gasteiger partial charge in [-0.2, -0.15) is 0 Å². The summed E-state index contributed by atoms with van der Waals surface area (Å²) in [6.07, 6.45) is -0.971. The van der Waals surface area contributed by atoms with Gasteiger partial charge in [0.15, 0.2) is 0 Å². The molecule has 0 heterocycles. The fourth-order valence-corrected chi connectivity index (χ4v) is 2.41. The number of nitrogens with one attached hydrogen (secondary N) is 2. The second-order valence-corrected chi connectivity index (χ2v) is 7.60. The molecule has 0 saturated carbocycles. The largest absolute Gasteiger partial charge is 0.496 e. The Morgan fingerprint density at radius 3 is 2.29 bits per heavy atom. The monoisotopic (exact) mass is 406 g/mol. The normalized spacial score (nSPS) is 12.4. The lowest BCUT2D eigenvalue weighted by Gasteiger charge is -2.27. The summed E-state index contributed by atoms with van der Waals surface area (Å²) in [6, 6.07) is 13.5. The van der Waals surface area contributed by atoms with Gasteiger partial charge in [-0.1, -0.05) is 58.5 Å². The molecule has 8 heteroatoms. The van der Waals surface area contributed by atoms with Crippen molar-refractivity contribution in [1.82, 2.24) is 5.32 Å². The van der Waals surface area contributed by atoms with Crippen LogP contribution in [-0.4, -0.2) is 23.0 Å². The second kappa shape index (κ2) is 8.17. The van der Waals surface area contributed by atoms with E-state index in [9.17, 15) is 4.79 Å². The van der Waals surface area contributed by atoms with Crippen LogP contribution in [0.25, 0.3) is 0 Å². The zero-order chi connectivity index (χ0) is 17.7. The van der Waals surface area contributed by atoms with Crippen molar-refractivity contribution in [3.63, 3.8) is 0 Å². The number of ether oxygens (including phenoxy) is 1. The molecule has 4 nitrogen and oxygen atoms in total. The van der Waals surface area contributed by atoms with Gasteiger partial charge in [0.1, 0.15) is 11.9 Å². The van der Waals surface area contributed by atoms with Crippen LogP contribution in [0.15, 0.2) is 48.5 Å². The number of hydrogen-bond donors (Lipinski definition) is 2. The maximum atomic E-state index is 12.5. The molecule has 1 atom stereocenters. The maximum Gasteiger partial charge on any atom is 0.256 e. The van der Waals surface area contributed by atoms with Gasteiger partial charge in [-0.15, -0.1) is 0 Å². The van der Waals surface area contributed by atoms with E-state index in [-0.39, 0.29) is 0 Å². The van der Waals surface area contributed by atoms with Crippen LogP contribution in [0.3, 0.4) is 0 Å². The molecule has 0 aliphatic heterocycles. The molecule has 0 aromatic heterocycles. The standard InChI is InChI=1S/C16H14Cl4N2O2/c1-24-13-5-3-2-4-12(13)14(23)22-15(16(18,19)20)21-11-8-6-10(17)7-9-11/h2-9,15,21H,1H3,(H,22,23)/t15-/m1/s1. The average Bonchev–Trinajstić information content (AvgIpc) is 2.55. The number of hydrogen-bond acceptors (Lipinski definition) is 3. The first-order chi connectivity index (χ1) is 11.3. The molecule has 0 spiro atoms. The molecule has 1 amide bonds. The summed E-state index contributed by atoms with van der Waals surface area (Å²) < 4.78 is 3.39. The van der Waals surface area contributed by atoms with Crippen molar-refractivity contribution < 1.29 is 9.53 Å². The number of alkyl halides is 3. The number of anilines is 1. The molecular formula is C16H14Cl4N2O2. The van der Waals surface area contributed by atoms with E-state index >= 15 is 0 Å². The molecule has 2 rings (SSSR count). The van der Waals surface area contributed by atoms with Gasteiger partial charge in [-0.05, 0) is 36.4 Å². The number of halogens is 4. The summed E-state index contributed by atoms with van der Waals surface area (Å²) in [4.78, 5) is 12.5. The molecule has 2 aromatic carbocycles. The highest BCUT2D eigenvalue weighted by molar-refractivity contribution is 6.68. The summed E-state index contributed by atoms with van der Waals surface area (Å²) in [6.45, 7) is 0. The van der Waals surface area contributed by atoms with Crippen LogP contribution in [0.1, 0.15) is 10.4 Å². The maximum absolute atomic E-state index is 12.5. The molecule has 24 heavy (non-hydrogen) atoms. The van der Waals surface area contributed by atoms with Crippen LogP contribution in [0, 0.1) is 0 Å². The van der Waals surface area contributed by atoms with Crippen molar-refractivity contribution in [3.05, 3.63) is 59.1 Å². The fraction of sp³-hybridized carbons (Fsp3) is 0.188. The van der Waals surface area contributed by atoms with Crippen LogP contribution in [0.2, 0.25) is 5.02 Å². The number of methoxy groups -OCH3 is 1. The molecule has 0 radical (unpaired) electrons. The molecule has 0 aliphatic rings. The minimum atomic E-state index is -1.78. The van der Waals surface area contributed by atoms with Crippen molar-refractivity contribution in [2.24, 2.45) is 0 Å². The Morgan fingerprint density at radius 1 is 1.08 bits per heavy atom. The van der Waals surface area contributed by atoms with Crippen LogP contribution in [0.5, 0.6) is 5.75 Å². The Morgan fingerprint density at radius 2 is 1.71 bits per heavy atom. The molecule has 0 fully saturated rings. The zero-order valence-corrected chi connectivity index (χ0v) is 15.5. The van der Waals surface area contributed by atoms with Gasteiger partial charge in [0.25, 0.3) is 5.91 Å². The third kappa shape index (κ3) is 5.08. The molecule has 0 saturated heterocycles. The summed E-state index contributed by atoms with van der Waals surface area (Å²) in [7, 11) is 1.48. The van der Waals surface area contributed by atoms with Crippen LogP contribution < -0.4 is 15.4 Å². The topological polar surface area (TPSA) is 50.4 Å². The summed E-state index contributed by atoms with van der Waals surface area (Å²) in [5.74, 6) is -0.0187.